The molecule has 0 aliphatic heterocycles. The Labute approximate surface area is 113 Å². The standard InChI is InChI=1S/C14H22N4O/c1-15-8-12-17-18-13(19-12)16-14-5-9-2-10(6-14)4-11(3-9)7-14/h9-11,15H,2-8H2,1H3,(H,16,18). The van der Waals surface area contributed by atoms with Crippen molar-refractivity contribution in [2.24, 2.45) is 17.8 Å². The van der Waals surface area contributed by atoms with E-state index >= 15 is 0 Å². The van der Waals surface area contributed by atoms with Crippen LogP contribution in [0.25, 0.3) is 0 Å². The Hall–Kier alpha value is -1.10. The lowest BCUT2D eigenvalue weighted by Crippen LogP contribution is -2.54. The van der Waals surface area contributed by atoms with E-state index in [1.807, 2.05) is 7.05 Å². The molecule has 4 saturated carbocycles. The molecule has 0 saturated heterocycles. The van der Waals surface area contributed by atoms with Crippen molar-refractivity contribution in [3.8, 4) is 0 Å². The summed E-state index contributed by atoms with van der Waals surface area (Å²) in [5.41, 5.74) is 0.248. The molecule has 0 unspecified atom stereocenters. The molecule has 4 fully saturated rings. The predicted molar refractivity (Wildman–Crippen MR) is 71.6 cm³/mol. The van der Waals surface area contributed by atoms with E-state index in [1.165, 1.54) is 38.5 Å². The van der Waals surface area contributed by atoms with Crippen LogP contribution in [0.5, 0.6) is 0 Å². The van der Waals surface area contributed by atoms with Gasteiger partial charge in [-0.05, 0) is 63.3 Å². The first-order chi connectivity index (χ1) is 9.25. The molecular weight excluding hydrogens is 240 g/mol. The molecular formula is C14H22N4O. The van der Waals surface area contributed by atoms with Gasteiger partial charge in [-0.1, -0.05) is 5.10 Å². The van der Waals surface area contributed by atoms with E-state index in [1.54, 1.807) is 0 Å². The Morgan fingerprint density at radius 2 is 1.74 bits per heavy atom. The van der Waals surface area contributed by atoms with Crippen LogP contribution in [0.3, 0.4) is 0 Å². The van der Waals surface area contributed by atoms with E-state index in [0.29, 0.717) is 18.5 Å². The Morgan fingerprint density at radius 1 is 1.11 bits per heavy atom. The van der Waals surface area contributed by atoms with Gasteiger partial charge in [-0.15, -0.1) is 5.10 Å². The predicted octanol–water partition coefficient (Wildman–Crippen LogP) is 2.17. The molecule has 5 rings (SSSR count). The number of nitrogens with zero attached hydrogens (tertiary/aromatic N) is 2. The lowest BCUT2D eigenvalue weighted by atomic mass is 9.53. The molecule has 1 heterocycles. The first-order valence-corrected chi connectivity index (χ1v) is 7.50. The highest BCUT2D eigenvalue weighted by atomic mass is 16.4. The summed E-state index contributed by atoms with van der Waals surface area (Å²) in [7, 11) is 1.89. The topological polar surface area (TPSA) is 63.0 Å². The van der Waals surface area contributed by atoms with E-state index in [2.05, 4.69) is 20.8 Å². The number of rotatable bonds is 4. The van der Waals surface area contributed by atoms with Gasteiger partial charge in [0.05, 0.1) is 6.54 Å². The van der Waals surface area contributed by atoms with Gasteiger partial charge in [-0.25, -0.2) is 0 Å². The molecule has 2 N–H and O–H groups in total. The van der Waals surface area contributed by atoms with Crippen molar-refractivity contribution in [3.63, 3.8) is 0 Å². The molecule has 0 spiro atoms. The van der Waals surface area contributed by atoms with Crippen molar-refractivity contribution in [3.05, 3.63) is 5.89 Å². The third-order valence-electron chi connectivity index (χ3n) is 5.21. The highest BCUT2D eigenvalue weighted by Gasteiger charge is 2.51. The summed E-state index contributed by atoms with van der Waals surface area (Å²) in [6, 6.07) is 0.618. The highest BCUT2D eigenvalue weighted by molar-refractivity contribution is 5.27. The molecule has 5 heteroatoms. The fourth-order valence-corrected chi connectivity index (χ4v) is 5.02. The van der Waals surface area contributed by atoms with Gasteiger partial charge in [0.1, 0.15) is 0 Å². The molecule has 4 aliphatic rings. The van der Waals surface area contributed by atoms with Crippen LogP contribution in [0, 0.1) is 17.8 Å². The largest absolute Gasteiger partial charge is 0.407 e. The third kappa shape index (κ3) is 2.04. The lowest BCUT2D eigenvalue weighted by Gasteiger charge is -2.56. The van der Waals surface area contributed by atoms with Gasteiger partial charge in [0.25, 0.3) is 0 Å². The van der Waals surface area contributed by atoms with Crippen LogP contribution in [-0.2, 0) is 6.54 Å². The van der Waals surface area contributed by atoms with E-state index in [9.17, 15) is 0 Å². The average molecular weight is 262 g/mol. The molecule has 4 bridgehead atoms. The van der Waals surface area contributed by atoms with Crippen molar-refractivity contribution >= 4 is 6.01 Å². The fourth-order valence-electron chi connectivity index (χ4n) is 5.02. The van der Waals surface area contributed by atoms with Crippen molar-refractivity contribution < 1.29 is 4.42 Å². The first-order valence-electron chi connectivity index (χ1n) is 7.50. The van der Waals surface area contributed by atoms with Gasteiger partial charge in [-0.2, -0.15) is 0 Å². The Bertz CT molecular complexity index is 434. The minimum Gasteiger partial charge on any atom is -0.407 e. The molecule has 1 aromatic heterocycles. The molecule has 19 heavy (non-hydrogen) atoms. The first kappa shape index (κ1) is 11.7. The van der Waals surface area contributed by atoms with Gasteiger partial charge in [-0.3, -0.25) is 0 Å². The van der Waals surface area contributed by atoms with E-state index in [0.717, 1.165) is 17.8 Å². The minimum absolute atomic E-state index is 0.248. The number of aromatic nitrogens is 2. The monoisotopic (exact) mass is 262 g/mol. The van der Waals surface area contributed by atoms with E-state index in [4.69, 9.17) is 4.42 Å². The summed E-state index contributed by atoms with van der Waals surface area (Å²) in [4.78, 5) is 0. The Morgan fingerprint density at radius 3 is 2.32 bits per heavy atom. The van der Waals surface area contributed by atoms with Crippen molar-refractivity contribution in [1.82, 2.24) is 15.5 Å². The molecule has 0 aromatic carbocycles. The van der Waals surface area contributed by atoms with Crippen LogP contribution in [-0.4, -0.2) is 22.8 Å². The molecule has 104 valence electrons. The zero-order valence-corrected chi connectivity index (χ0v) is 11.5. The van der Waals surface area contributed by atoms with Crippen molar-refractivity contribution in [1.29, 1.82) is 0 Å². The van der Waals surface area contributed by atoms with Crippen LogP contribution in [0.4, 0.5) is 6.01 Å². The number of hydrogen-bond donors (Lipinski definition) is 2. The summed E-state index contributed by atoms with van der Waals surface area (Å²) in [6.45, 7) is 0.634. The van der Waals surface area contributed by atoms with Gasteiger partial charge < -0.3 is 15.1 Å². The second-order valence-corrected chi connectivity index (χ2v) is 6.85. The summed E-state index contributed by atoms with van der Waals surface area (Å²) in [5, 5.41) is 14.8. The average Bonchev–Trinajstić information content (AvgIpc) is 2.74. The summed E-state index contributed by atoms with van der Waals surface area (Å²) < 4.78 is 5.67. The molecule has 0 radical (unpaired) electrons. The smallest absolute Gasteiger partial charge is 0.315 e. The maximum absolute atomic E-state index is 5.67. The van der Waals surface area contributed by atoms with Crippen LogP contribution in [0.2, 0.25) is 0 Å². The normalized spacial score (nSPS) is 39.7. The van der Waals surface area contributed by atoms with Crippen LogP contribution in [0.15, 0.2) is 4.42 Å². The molecule has 1 aromatic rings. The highest BCUT2D eigenvalue weighted by Crippen LogP contribution is 2.56. The second kappa shape index (κ2) is 4.20. The van der Waals surface area contributed by atoms with Gasteiger partial charge in [0.2, 0.25) is 5.89 Å². The maximum atomic E-state index is 5.67. The maximum Gasteiger partial charge on any atom is 0.315 e. The number of nitrogens with one attached hydrogen (secondary N) is 2. The molecule has 5 nitrogen and oxygen atoms in total. The Balaban J connectivity index is 1.52. The van der Waals surface area contributed by atoms with Crippen molar-refractivity contribution in [2.75, 3.05) is 12.4 Å². The zero-order chi connectivity index (χ0) is 12.9. The summed E-state index contributed by atoms with van der Waals surface area (Å²) in [5.74, 6) is 3.45. The molecule has 0 amide bonds. The van der Waals surface area contributed by atoms with Gasteiger partial charge in [0.15, 0.2) is 0 Å². The lowest BCUT2D eigenvalue weighted by molar-refractivity contribution is 0.00958. The van der Waals surface area contributed by atoms with Crippen LogP contribution in [0.1, 0.15) is 44.4 Å². The third-order valence-corrected chi connectivity index (χ3v) is 5.21. The van der Waals surface area contributed by atoms with Crippen molar-refractivity contribution in [2.45, 2.75) is 50.6 Å². The van der Waals surface area contributed by atoms with Crippen LogP contribution < -0.4 is 10.6 Å². The Kier molecular flexibility index (Phi) is 2.59. The minimum atomic E-state index is 0.248. The number of hydrogen-bond acceptors (Lipinski definition) is 5. The second-order valence-electron chi connectivity index (χ2n) is 6.85. The SMILES string of the molecule is CNCc1nnc(NC23CC4CC(CC(C4)C2)C3)o1. The van der Waals surface area contributed by atoms with Gasteiger partial charge >= 0.3 is 6.01 Å². The zero-order valence-electron chi connectivity index (χ0n) is 11.5. The van der Waals surface area contributed by atoms with E-state index < -0.39 is 0 Å². The number of anilines is 1. The summed E-state index contributed by atoms with van der Waals surface area (Å²) in [6.07, 6.45) is 8.25. The summed E-state index contributed by atoms with van der Waals surface area (Å²) >= 11 is 0. The molecule has 4 aliphatic carbocycles. The van der Waals surface area contributed by atoms with Gasteiger partial charge in [0, 0.05) is 5.54 Å². The fraction of sp³-hybridized carbons (Fsp3) is 0.857. The van der Waals surface area contributed by atoms with Crippen LogP contribution >= 0.6 is 0 Å². The molecule has 0 atom stereocenters. The quantitative estimate of drug-likeness (QED) is 0.870. The van der Waals surface area contributed by atoms with E-state index in [-0.39, 0.29) is 5.54 Å².